The van der Waals surface area contributed by atoms with Gasteiger partial charge in [0, 0.05) is 45.8 Å². The van der Waals surface area contributed by atoms with E-state index >= 15 is 0 Å². The Bertz CT molecular complexity index is 755. The molecule has 3 rings (SSSR count). The van der Waals surface area contributed by atoms with Crippen molar-refractivity contribution < 1.29 is 18.9 Å². The van der Waals surface area contributed by atoms with Gasteiger partial charge in [0.1, 0.15) is 5.54 Å². The van der Waals surface area contributed by atoms with Crippen molar-refractivity contribution in [2.75, 3.05) is 19.6 Å². The van der Waals surface area contributed by atoms with Gasteiger partial charge in [0.15, 0.2) is 5.82 Å². The summed E-state index contributed by atoms with van der Waals surface area (Å²) >= 11 is 0. The lowest BCUT2D eigenvalue weighted by atomic mass is 9.89. The lowest BCUT2D eigenvalue weighted by molar-refractivity contribution is -0.131. The molecule has 0 unspecified atom stereocenters. The number of rotatable bonds is 8. The Labute approximate surface area is 183 Å². The van der Waals surface area contributed by atoms with E-state index in [4.69, 9.17) is 4.52 Å². The Balaban J connectivity index is 1.48. The molecule has 0 bridgehead atoms. The van der Waals surface area contributed by atoms with Crippen LogP contribution in [0.2, 0.25) is 0 Å². The summed E-state index contributed by atoms with van der Waals surface area (Å²) in [7, 11) is 0. The second-order valence-corrected chi connectivity index (χ2v) is 8.73. The topological polar surface area (TPSA) is 117 Å². The van der Waals surface area contributed by atoms with Gasteiger partial charge in [-0.3, -0.25) is 14.4 Å². The van der Waals surface area contributed by atoms with Crippen LogP contribution in [0.25, 0.3) is 0 Å². The third-order valence-corrected chi connectivity index (χ3v) is 6.21. The van der Waals surface area contributed by atoms with E-state index in [1.807, 2.05) is 4.90 Å². The van der Waals surface area contributed by atoms with Gasteiger partial charge in [-0.05, 0) is 25.7 Å². The summed E-state index contributed by atoms with van der Waals surface area (Å²) in [6, 6.07) is 0. The van der Waals surface area contributed by atoms with Crippen LogP contribution >= 0.6 is 0 Å². The Morgan fingerprint density at radius 1 is 1.10 bits per heavy atom. The molecule has 1 aliphatic carbocycles. The van der Waals surface area contributed by atoms with Crippen LogP contribution in [0.5, 0.6) is 0 Å². The second kappa shape index (κ2) is 11.2. The van der Waals surface area contributed by atoms with Gasteiger partial charge in [0.05, 0.1) is 0 Å². The van der Waals surface area contributed by atoms with Gasteiger partial charge in [-0.2, -0.15) is 4.98 Å². The van der Waals surface area contributed by atoms with Crippen molar-refractivity contribution in [3.63, 3.8) is 0 Å². The summed E-state index contributed by atoms with van der Waals surface area (Å²) in [5.41, 5.74) is -0.577. The Kier molecular flexibility index (Phi) is 8.43. The summed E-state index contributed by atoms with van der Waals surface area (Å²) in [5, 5.41) is 10.1. The normalized spacial score (nSPS) is 19.4. The lowest BCUT2D eigenvalue weighted by Crippen LogP contribution is -2.45. The fourth-order valence-electron chi connectivity index (χ4n) is 4.54. The van der Waals surface area contributed by atoms with E-state index < -0.39 is 5.54 Å². The molecule has 1 aromatic rings. The largest absolute Gasteiger partial charge is 0.354 e. The van der Waals surface area contributed by atoms with Crippen LogP contribution in [0.15, 0.2) is 4.52 Å². The molecule has 3 amide bonds. The number of aromatic nitrogens is 2. The first-order chi connectivity index (χ1) is 15.0. The third kappa shape index (κ3) is 6.77. The van der Waals surface area contributed by atoms with Gasteiger partial charge in [0.25, 0.3) is 0 Å². The average molecular weight is 434 g/mol. The minimum absolute atomic E-state index is 0.101. The summed E-state index contributed by atoms with van der Waals surface area (Å²) in [5.74, 6) is 0.891. The van der Waals surface area contributed by atoms with Crippen molar-refractivity contribution in [3.05, 3.63) is 11.7 Å². The molecule has 9 nitrogen and oxygen atoms in total. The number of hydrogen-bond acceptors (Lipinski definition) is 6. The molecule has 0 aromatic carbocycles. The van der Waals surface area contributed by atoms with Crippen LogP contribution in [-0.4, -0.2) is 52.4 Å². The highest BCUT2D eigenvalue weighted by Crippen LogP contribution is 2.34. The third-order valence-electron chi connectivity index (χ3n) is 6.21. The van der Waals surface area contributed by atoms with Gasteiger partial charge in [-0.15, -0.1) is 0 Å². The molecule has 1 aromatic heterocycles. The molecule has 1 saturated carbocycles. The van der Waals surface area contributed by atoms with E-state index in [1.165, 1.54) is 6.92 Å². The van der Waals surface area contributed by atoms with Gasteiger partial charge >= 0.3 is 0 Å². The molecule has 9 heteroatoms. The SMILES string of the molecule is CC(=O)NC1(c2noc(CCC(=O)NCCN3CCCCCC3=O)n2)CCCCCC1. The first-order valence-electron chi connectivity index (χ1n) is 11.6. The molecule has 2 aliphatic rings. The van der Waals surface area contributed by atoms with Crippen molar-refractivity contribution in [2.45, 2.75) is 89.5 Å². The zero-order valence-electron chi connectivity index (χ0n) is 18.6. The van der Waals surface area contributed by atoms with Crippen LogP contribution in [0, 0.1) is 0 Å². The van der Waals surface area contributed by atoms with Gasteiger partial charge in [-0.25, -0.2) is 0 Å². The molecule has 0 atom stereocenters. The molecular formula is C22H35N5O4. The van der Waals surface area contributed by atoms with E-state index in [9.17, 15) is 14.4 Å². The lowest BCUT2D eigenvalue weighted by Gasteiger charge is -2.30. The first kappa shape index (κ1) is 23.2. The van der Waals surface area contributed by atoms with Crippen molar-refractivity contribution in [1.29, 1.82) is 0 Å². The van der Waals surface area contributed by atoms with Crippen LogP contribution in [0.1, 0.15) is 89.3 Å². The Morgan fingerprint density at radius 3 is 2.58 bits per heavy atom. The minimum Gasteiger partial charge on any atom is -0.354 e. The van der Waals surface area contributed by atoms with E-state index in [1.54, 1.807) is 0 Å². The van der Waals surface area contributed by atoms with Crippen molar-refractivity contribution in [2.24, 2.45) is 0 Å². The smallest absolute Gasteiger partial charge is 0.227 e. The predicted octanol–water partition coefficient (Wildman–Crippen LogP) is 2.21. The highest BCUT2D eigenvalue weighted by atomic mass is 16.5. The summed E-state index contributed by atoms with van der Waals surface area (Å²) < 4.78 is 5.40. The maximum atomic E-state index is 12.2. The summed E-state index contributed by atoms with van der Waals surface area (Å²) in [4.78, 5) is 42.4. The molecule has 0 radical (unpaired) electrons. The summed E-state index contributed by atoms with van der Waals surface area (Å²) in [6.07, 6.45) is 10.1. The Morgan fingerprint density at radius 2 is 1.84 bits per heavy atom. The van der Waals surface area contributed by atoms with Crippen LogP contribution < -0.4 is 10.6 Å². The maximum Gasteiger partial charge on any atom is 0.227 e. The highest BCUT2D eigenvalue weighted by Gasteiger charge is 2.38. The number of likely N-dealkylation sites (tertiary alicyclic amines) is 1. The maximum absolute atomic E-state index is 12.2. The zero-order valence-corrected chi connectivity index (χ0v) is 18.6. The van der Waals surface area contributed by atoms with E-state index in [-0.39, 0.29) is 24.1 Å². The number of carbonyl (C=O) groups is 3. The number of nitrogens with zero attached hydrogens (tertiary/aromatic N) is 3. The number of carbonyl (C=O) groups excluding carboxylic acids is 3. The minimum atomic E-state index is -0.577. The second-order valence-electron chi connectivity index (χ2n) is 8.73. The van der Waals surface area contributed by atoms with E-state index in [0.29, 0.717) is 37.6 Å². The fraction of sp³-hybridized carbons (Fsp3) is 0.773. The molecule has 0 spiro atoms. The average Bonchev–Trinajstić information content (AvgIpc) is 2.97. The molecule has 1 saturated heterocycles. The molecule has 1 aliphatic heterocycles. The van der Waals surface area contributed by atoms with Crippen LogP contribution in [0.3, 0.4) is 0 Å². The van der Waals surface area contributed by atoms with E-state index in [2.05, 4.69) is 20.8 Å². The fourth-order valence-corrected chi connectivity index (χ4v) is 4.54. The molecule has 31 heavy (non-hydrogen) atoms. The van der Waals surface area contributed by atoms with E-state index in [0.717, 1.165) is 64.3 Å². The predicted molar refractivity (Wildman–Crippen MR) is 114 cm³/mol. The van der Waals surface area contributed by atoms with Gasteiger partial charge in [0.2, 0.25) is 23.6 Å². The molecule has 2 N–H and O–H groups in total. The standard InChI is InChI=1S/C22H35N5O4/c1-17(28)25-22(12-6-2-3-7-13-22)21-24-19(31-26-21)11-10-18(29)23-14-16-27-15-8-4-5-9-20(27)30/h2-16H2,1H3,(H,23,29)(H,25,28). The van der Waals surface area contributed by atoms with Crippen molar-refractivity contribution in [1.82, 2.24) is 25.7 Å². The van der Waals surface area contributed by atoms with Crippen molar-refractivity contribution in [3.8, 4) is 0 Å². The van der Waals surface area contributed by atoms with Crippen LogP contribution in [-0.2, 0) is 26.3 Å². The zero-order chi connectivity index (χ0) is 22.1. The number of aryl methyl sites for hydroxylation is 1. The Hall–Kier alpha value is -2.45. The molecule has 2 heterocycles. The van der Waals surface area contributed by atoms with Crippen molar-refractivity contribution >= 4 is 17.7 Å². The molecule has 172 valence electrons. The quantitative estimate of drug-likeness (QED) is 0.607. The number of amides is 3. The number of hydrogen-bond donors (Lipinski definition) is 2. The first-order valence-corrected chi connectivity index (χ1v) is 11.6. The number of nitrogens with one attached hydrogen (secondary N) is 2. The van der Waals surface area contributed by atoms with Gasteiger partial charge in [-0.1, -0.05) is 37.3 Å². The van der Waals surface area contributed by atoms with Crippen LogP contribution in [0.4, 0.5) is 0 Å². The molecule has 2 fully saturated rings. The monoisotopic (exact) mass is 433 g/mol. The molecular weight excluding hydrogens is 398 g/mol. The summed E-state index contributed by atoms with van der Waals surface area (Å²) in [6.45, 7) is 3.28. The van der Waals surface area contributed by atoms with Gasteiger partial charge < -0.3 is 20.1 Å². The highest BCUT2D eigenvalue weighted by molar-refractivity contribution is 5.77.